The van der Waals surface area contributed by atoms with Crippen LogP contribution in [-0.2, 0) is 9.59 Å². The molecule has 6 nitrogen and oxygen atoms in total. The minimum absolute atomic E-state index is 0.109. The average Bonchev–Trinajstić information content (AvgIpc) is 2.68. The maximum absolute atomic E-state index is 11.6. The van der Waals surface area contributed by atoms with Gasteiger partial charge in [-0.25, -0.2) is 0 Å². The second-order valence-corrected chi connectivity index (χ2v) is 3.78. The predicted molar refractivity (Wildman–Crippen MR) is 56.8 cm³/mol. The van der Waals surface area contributed by atoms with Crippen molar-refractivity contribution < 1.29 is 9.59 Å². The van der Waals surface area contributed by atoms with Crippen molar-refractivity contribution in [2.75, 3.05) is 5.32 Å². The van der Waals surface area contributed by atoms with E-state index < -0.39 is 6.04 Å². The minimum Gasteiger partial charge on any atom is -0.344 e. The van der Waals surface area contributed by atoms with Gasteiger partial charge in [0.15, 0.2) is 11.0 Å². The molecule has 0 saturated carbocycles. The molecule has 16 heavy (non-hydrogen) atoms. The first-order chi connectivity index (χ1) is 7.65. The topological polar surface area (TPSA) is 84.0 Å². The van der Waals surface area contributed by atoms with Crippen molar-refractivity contribution >= 4 is 29.2 Å². The number of halogens is 1. The predicted octanol–water partition coefficient (Wildman–Crippen LogP) is 0.347. The number of rotatable bonds is 2. The van der Waals surface area contributed by atoms with E-state index in [0.717, 1.165) is 0 Å². The molecule has 0 radical (unpaired) electrons. The zero-order valence-electron chi connectivity index (χ0n) is 8.24. The van der Waals surface area contributed by atoms with E-state index in [0.29, 0.717) is 18.7 Å². The number of carbonyl (C=O) groups excluding carboxylic acids is 2. The van der Waals surface area contributed by atoms with Gasteiger partial charge in [0, 0.05) is 6.42 Å². The number of hydrogen-bond acceptors (Lipinski definition) is 4. The van der Waals surface area contributed by atoms with Crippen molar-refractivity contribution in [2.45, 2.75) is 18.9 Å². The van der Waals surface area contributed by atoms with E-state index in [1.807, 2.05) is 0 Å². The molecule has 1 aromatic heterocycles. The molecule has 0 aromatic carbocycles. The fourth-order valence-corrected chi connectivity index (χ4v) is 1.51. The van der Waals surface area contributed by atoms with Crippen LogP contribution < -0.4 is 10.6 Å². The maximum Gasteiger partial charge on any atom is 0.248 e. The van der Waals surface area contributed by atoms with Crippen molar-refractivity contribution in [3.05, 3.63) is 17.3 Å². The summed E-state index contributed by atoms with van der Waals surface area (Å²) in [4.78, 5) is 22.5. The molecule has 1 unspecified atom stereocenters. The van der Waals surface area contributed by atoms with Gasteiger partial charge < -0.3 is 10.6 Å². The number of amides is 2. The lowest BCUT2D eigenvalue weighted by Crippen LogP contribution is -2.37. The van der Waals surface area contributed by atoms with E-state index >= 15 is 0 Å². The molecule has 2 N–H and O–H groups in total. The van der Waals surface area contributed by atoms with E-state index in [4.69, 9.17) is 11.6 Å². The van der Waals surface area contributed by atoms with Crippen LogP contribution in [0, 0.1) is 0 Å². The fourth-order valence-electron chi connectivity index (χ4n) is 1.41. The molecule has 7 heteroatoms. The number of nitrogens with one attached hydrogen (secondary N) is 2. The lowest BCUT2D eigenvalue weighted by Gasteiger charge is -2.09. The Bertz CT molecular complexity index is 420. The highest BCUT2D eigenvalue weighted by Crippen LogP contribution is 2.10. The number of aromatic nitrogens is 2. The summed E-state index contributed by atoms with van der Waals surface area (Å²) in [6.45, 7) is 0. The Kier molecular flexibility index (Phi) is 3.00. The second kappa shape index (κ2) is 4.44. The highest BCUT2D eigenvalue weighted by molar-refractivity contribution is 6.29. The molecule has 0 bridgehead atoms. The molecule has 1 saturated heterocycles. The first-order valence-electron chi connectivity index (χ1n) is 4.74. The zero-order chi connectivity index (χ0) is 11.5. The molecule has 2 heterocycles. The molecule has 2 rings (SSSR count). The van der Waals surface area contributed by atoms with Crippen LogP contribution in [0.3, 0.4) is 0 Å². The molecule has 1 atom stereocenters. The Labute approximate surface area is 96.4 Å². The van der Waals surface area contributed by atoms with E-state index in [-0.39, 0.29) is 17.0 Å². The van der Waals surface area contributed by atoms with E-state index in [9.17, 15) is 9.59 Å². The summed E-state index contributed by atoms with van der Waals surface area (Å²) >= 11 is 5.55. The summed E-state index contributed by atoms with van der Waals surface area (Å²) in [5.41, 5.74) is 0. The van der Waals surface area contributed by atoms with Crippen molar-refractivity contribution in [3.63, 3.8) is 0 Å². The number of hydrogen-bond donors (Lipinski definition) is 2. The molecule has 0 aliphatic carbocycles. The zero-order valence-corrected chi connectivity index (χ0v) is 8.99. The maximum atomic E-state index is 11.6. The molecular weight excluding hydrogens is 232 g/mol. The summed E-state index contributed by atoms with van der Waals surface area (Å²) in [6, 6.07) is 2.59. The van der Waals surface area contributed by atoms with Crippen LogP contribution in [-0.4, -0.2) is 28.1 Å². The number of anilines is 1. The van der Waals surface area contributed by atoms with Gasteiger partial charge >= 0.3 is 0 Å². The molecular formula is C9H9ClN4O2. The van der Waals surface area contributed by atoms with E-state index in [2.05, 4.69) is 20.8 Å². The van der Waals surface area contributed by atoms with Crippen molar-refractivity contribution in [1.82, 2.24) is 15.5 Å². The van der Waals surface area contributed by atoms with Gasteiger partial charge in [-0.2, -0.15) is 0 Å². The van der Waals surface area contributed by atoms with Crippen LogP contribution in [0.5, 0.6) is 0 Å². The highest BCUT2D eigenvalue weighted by atomic mass is 35.5. The monoisotopic (exact) mass is 240 g/mol. The third-order valence-corrected chi connectivity index (χ3v) is 2.40. The smallest absolute Gasteiger partial charge is 0.248 e. The molecule has 1 aliphatic rings. The molecule has 0 spiro atoms. The summed E-state index contributed by atoms with van der Waals surface area (Å²) in [5, 5.41) is 12.6. The number of nitrogens with zero attached hydrogens (tertiary/aromatic N) is 2. The quantitative estimate of drug-likeness (QED) is 0.781. The van der Waals surface area contributed by atoms with Gasteiger partial charge in [-0.3, -0.25) is 9.59 Å². The van der Waals surface area contributed by atoms with Crippen molar-refractivity contribution in [2.24, 2.45) is 0 Å². The third kappa shape index (κ3) is 2.46. The van der Waals surface area contributed by atoms with Gasteiger partial charge in [0.25, 0.3) is 0 Å². The summed E-state index contributed by atoms with van der Waals surface area (Å²) in [5.74, 6) is -0.0830. The van der Waals surface area contributed by atoms with Gasteiger partial charge in [0.05, 0.1) is 0 Å². The Morgan fingerprint density at radius 2 is 2.31 bits per heavy atom. The first kappa shape index (κ1) is 10.8. The van der Waals surface area contributed by atoms with Crippen LogP contribution in [0.1, 0.15) is 12.8 Å². The van der Waals surface area contributed by atoms with Gasteiger partial charge in [0.1, 0.15) is 6.04 Å². The fraction of sp³-hybridized carbons (Fsp3) is 0.333. The van der Waals surface area contributed by atoms with E-state index in [1.54, 1.807) is 6.07 Å². The standard InChI is InChI=1S/C9H9ClN4O2/c10-6-2-3-7(14-13-6)12-9(16)5-1-4-8(15)11-5/h2-3,5H,1,4H2,(H,11,15)(H,12,14,16). The van der Waals surface area contributed by atoms with Crippen LogP contribution in [0.15, 0.2) is 12.1 Å². The van der Waals surface area contributed by atoms with Crippen LogP contribution >= 0.6 is 11.6 Å². The van der Waals surface area contributed by atoms with Crippen LogP contribution in [0.25, 0.3) is 0 Å². The SMILES string of the molecule is O=C1CCC(C(=O)Nc2ccc(Cl)nn2)N1. The third-order valence-electron chi connectivity index (χ3n) is 2.20. The Morgan fingerprint density at radius 1 is 1.50 bits per heavy atom. The normalized spacial score (nSPS) is 19.3. The van der Waals surface area contributed by atoms with Crippen LogP contribution in [0.2, 0.25) is 5.15 Å². The van der Waals surface area contributed by atoms with E-state index in [1.165, 1.54) is 6.07 Å². The van der Waals surface area contributed by atoms with Crippen LogP contribution in [0.4, 0.5) is 5.82 Å². The molecule has 1 fully saturated rings. The highest BCUT2D eigenvalue weighted by Gasteiger charge is 2.27. The Balaban J connectivity index is 1.97. The minimum atomic E-state index is -0.482. The van der Waals surface area contributed by atoms with Gasteiger partial charge in [0.2, 0.25) is 11.8 Å². The summed E-state index contributed by atoms with van der Waals surface area (Å²) < 4.78 is 0. The Hall–Kier alpha value is -1.69. The number of carbonyl (C=O) groups is 2. The molecule has 1 aromatic rings. The van der Waals surface area contributed by atoms with Gasteiger partial charge in [-0.1, -0.05) is 11.6 Å². The summed E-state index contributed by atoms with van der Waals surface area (Å²) in [7, 11) is 0. The lowest BCUT2D eigenvalue weighted by molar-refractivity contribution is -0.122. The van der Waals surface area contributed by atoms with Gasteiger partial charge in [-0.05, 0) is 18.6 Å². The molecule has 2 amide bonds. The Morgan fingerprint density at radius 3 is 2.88 bits per heavy atom. The average molecular weight is 241 g/mol. The van der Waals surface area contributed by atoms with Crippen molar-refractivity contribution in [3.8, 4) is 0 Å². The molecule has 1 aliphatic heterocycles. The largest absolute Gasteiger partial charge is 0.344 e. The van der Waals surface area contributed by atoms with Crippen molar-refractivity contribution in [1.29, 1.82) is 0 Å². The summed E-state index contributed by atoms with van der Waals surface area (Å²) in [6.07, 6.45) is 0.885. The molecule has 84 valence electrons. The first-order valence-corrected chi connectivity index (χ1v) is 5.12. The second-order valence-electron chi connectivity index (χ2n) is 3.39. The lowest BCUT2D eigenvalue weighted by atomic mass is 10.2. The van der Waals surface area contributed by atoms with Gasteiger partial charge in [-0.15, -0.1) is 10.2 Å².